The highest BCUT2D eigenvalue weighted by molar-refractivity contribution is 5.71. The fourth-order valence-electron chi connectivity index (χ4n) is 8.57. The van der Waals surface area contributed by atoms with Gasteiger partial charge in [-0.1, -0.05) is 283 Å². The molecular formula is C72H118O6. The quantitative estimate of drug-likeness (QED) is 0.0261. The largest absolute Gasteiger partial charge is 0.462 e. The van der Waals surface area contributed by atoms with Crippen LogP contribution in [0.4, 0.5) is 0 Å². The van der Waals surface area contributed by atoms with Gasteiger partial charge in [0, 0.05) is 19.3 Å². The van der Waals surface area contributed by atoms with Crippen molar-refractivity contribution in [2.75, 3.05) is 13.2 Å². The van der Waals surface area contributed by atoms with Gasteiger partial charge < -0.3 is 14.2 Å². The zero-order valence-electron chi connectivity index (χ0n) is 50.6. The Bertz CT molecular complexity index is 1670. The van der Waals surface area contributed by atoms with Crippen LogP contribution in [0.1, 0.15) is 284 Å². The molecule has 6 heteroatoms. The first-order valence-electron chi connectivity index (χ1n) is 32.2. The molecule has 0 rings (SSSR count). The number of unbranched alkanes of at least 4 members (excludes halogenated alkanes) is 24. The number of carbonyl (C=O) groups is 3. The Morgan fingerprint density at radius 3 is 0.821 bits per heavy atom. The Labute approximate surface area is 481 Å². The summed E-state index contributed by atoms with van der Waals surface area (Å²) >= 11 is 0. The maximum Gasteiger partial charge on any atom is 0.306 e. The average molecular weight is 1080 g/mol. The molecule has 1 unspecified atom stereocenters. The molecule has 1 atom stereocenters. The summed E-state index contributed by atoms with van der Waals surface area (Å²) in [7, 11) is 0. The predicted molar refractivity (Wildman–Crippen MR) is 339 cm³/mol. The minimum atomic E-state index is -0.791. The minimum absolute atomic E-state index is 0.0874. The number of carbonyl (C=O) groups excluding carboxylic acids is 3. The molecule has 0 aliphatic carbocycles. The normalized spacial score (nSPS) is 13.0. The highest BCUT2D eigenvalue weighted by atomic mass is 16.6. The topological polar surface area (TPSA) is 78.9 Å². The Hall–Kier alpha value is -4.45. The Balaban J connectivity index is 4.23. The molecule has 0 aliphatic rings. The first-order chi connectivity index (χ1) is 38.5. The van der Waals surface area contributed by atoms with Gasteiger partial charge in [0.1, 0.15) is 13.2 Å². The molecule has 0 heterocycles. The standard InChI is InChI=1S/C72H118O6/c1-4-7-10-13-16-19-22-24-26-27-28-29-30-31-32-33-34-35-36-37-38-39-40-41-42-43-44-45-46-48-50-53-56-59-62-65-71(74)77-68-69(67-76-70(73)64-61-58-55-52-49-21-18-15-12-9-6-3)78-72(75)66-63-60-57-54-51-47-25-23-20-17-14-11-8-5-2/h7,10,14,16-17,19,23-26,28-29,31-32,34-35,37-38,40-41,43-44,69H,4-6,8-9,11-13,15,18,20-22,27,30,33,36,39,42,45-68H2,1-3H3/b10-7-,17-14-,19-16-,25-23-,26-24-,29-28-,32-31-,35-34-,38-37-,41-40-,44-43-. The zero-order chi connectivity index (χ0) is 56.4. The molecule has 0 aromatic rings. The molecule has 0 aromatic carbocycles. The van der Waals surface area contributed by atoms with Gasteiger partial charge in [-0.15, -0.1) is 0 Å². The highest BCUT2D eigenvalue weighted by Crippen LogP contribution is 2.15. The zero-order valence-corrected chi connectivity index (χ0v) is 50.6. The lowest BCUT2D eigenvalue weighted by Crippen LogP contribution is -2.30. The van der Waals surface area contributed by atoms with Gasteiger partial charge in [0.15, 0.2) is 6.10 Å². The summed E-state index contributed by atoms with van der Waals surface area (Å²) < 4.78 is 16.9. The van der Waals surface area contributed by atoms with E-state index in [0.29, 0.717) is 19.3 Å². The molecule has 0 amide bonds. The van der Waals surface area contributed by atoms with Crippen LogP contribution in [0, 0.1) is 0 Å². The number of esters is 3. The van der Waals surface area contributed by atoms with Gasteiger partial charge in [-0.2, -0.15) is 0 Å². The molecule has 0 saturated carbocycles. The van der Waals surface area contributed by atoms with E-state index in [1.807, 2.05) is 0 Å². The molecule has 6 nitrogen and oxygen atoms in total. The van der Waals surface area contributed by atoms with E-state index < -0.39 is 6.10 Å². The smallest absolute Gasteiger partial charge is 0.306 e. The van der Waals surface area contributed by atoms with Gasteiger partial charge in [0.2, 0.25) is 0 Å². The van der Waals surface area contributed by atoms with Crippen molar-refractivity contribution in [3.8, 4) is 0 Å². The van der Waals surface area contributed by atoms with Gasteiger partial charge in [0.05, 0.1) is 0 Å². The van der Waals surface area contributed by atoms with E-state index >= 15 is 0 Å². The monoisotopic (exact) mass is 1080 g/mol. The molecule has 0 aromatic heterocycles. The second-order valence-corrected chi connectivity index (χ2v) is 20.9. The van der Waals surface area contributed by atoms with Gasteiger partial charge in [-0.05, 0) is 116 Å². The maximum absolute atomic E-state index is 12.8. The fourth-order valence-corrected chi connectivity index (χ4v) is 8.57. The van der Waals surface area contributed by atoms with Crippen LogP contribution in [0.5, 0.6) is 0 Å². The molecule has 0 bridgehead atoms. The van der Waals surface area contributed by atoms with E-state index in [9.17, 15) is 14.4 Å². The van der Waals surface area contributed by atoms with E-state index in [2.05, 4.69) is 154 Å². The van der Waals surface area contributed by atoms with Crippen molar-refractivity contribution in [3.05, 3.63) is 134 Å². The van der Waals surface area contributed by atoms with Gasteiger partial charge >= 0.3 is 17.9 Å². The van der Waals surface area contributed by atoms with Crippen molar-refractivity contribution in [3.63, 3.8) is 0 Å². The van der Waals surface area contributed by atoms with Crippen molar-refractivity contribution < 1.29 is 28.6 Å². The third-order valence-corrected chi connectivity index (χ3v) is 13.4. The van der Waals surface area contributed by atoms with Crippen molar-refractivity contribution in [2.24, 2.45) is 0 Å². The lowest BCUT2D eigenvalue weighted by Gasteiger charge is -2.18. The maximum atomic E-state index is 12.8. The third-order valence-electron chi connectivity index (χ3n) is 13.4. The van der Waals surface area contributed by atoms with Crippen LogP contribution in [0.2, 0.25) is 0 Å². The Kier molecular flexibility index (Phi) is 61.4. The van der Waals surface area contributed by atoms with E-state index in [-0.39, 0.29) is 31.1 Å². The molecule has 78 heavy (non-hydrogen) atoms. The number of hydrogen-bond acceptors (Lipinski definition) is 6. The molecule has 0 saturated heterocycles. The molecule has 0 fully saturated rings. The molecule has 0 aliphatic heterocycles. The van der Waals surface area contributed by atoms with Crippen LogP contribution >= 0.6 is 0 Å². The first-order valence-corrected chi connectivity index (χ1v) is 32.2. The van der Waals surface area contributed by atoms with Gasteiger partial charge in [-0.3, -0.25) is 14.4 Å². The second kappa shape index (κ2) is 65.1. The first kappa shape index (κ1) is 73.5. The van der Waals surface area contributed by atoms with Crippen LogP contribution in [0.15, 0.2) is 134 Å². The van der Waals surface area contributed by atoms with Crippen molar-refractivity contribution in [2.45, 2.75) is 290 Å². The van der Waals surface area contributed by atoms with Crippen LogP contribution in [-0.2, 0) is 28.6 Å². The minimum Gasteiger partial charge on any atom is -0.462 e. The number of ether oxygens (including phenoxy) is 3. The summed E-state index contributed by atoms with van der Waals surface area (Å²) in [6.07, 6.45) is 91.8. The molecule has 442 valence electrons. The SMILES string of the molecule is CC/C=C\C/C=C\C/C=C\C/C=C\C/C=C\C/C=C\C/C=C\C/C=C\C/C=C\CCCCCCCCCC(=O)OCC(COC(=O)CCCCCCCCCCCCC)OC(=O)CCCCCCC/C=C\C/C=C\CCCC. The predicted octanol–water partition coefficient (Wildman–Crippen LogP) is 22.2. The van der Waals surface area contributed by atoms with E-state index in [1.165, 1.54) is 96.3 Å². The average Bonchev–Trinajstić information content (AvgIpc) is 3.44. The Morgan fingerprint density at radius 2 is 0.513 bits per heavy atom. The summed E-state index contributed by atoms with van der Waals surface area (Å²) in [5.74, 6) is -0.913. The summed E-state index contributed by atoms with van der Waals surface area (Å²) in [6.45, 7) is 6.46. The van der Waals surface area contributed by atoms with Crippen LogP contribution in [0.3, 0.4) is 0 Å². The lowest BCUT2D eigenvalue weighted by atomic mass is 10.1. The van der Waals surface area contributed by atoms with Crippen molar-refractivity contribution in [1.29, 1.82) is 0 Å². The van der Waals surface area contributed by atoms with Crippen molar-refractivity contribution >= 4 is 17.9 Å². The van der Waals surface area contributed by atoms with E-state index in [4.69, 9.17) is 14.2 Å². The summed E-state index contributed by atoms with van der Waals surface area (Å²) in [6, 6.07) is 0. The summed E-state index contributed by atoms with van der Waals surface area (Å²) in [5.41, 5.74) is 0. The van der Waals surface area contributed by atoms with E-state index in [1.54, 1.807) is 0 Å². The van der Waals surface area contributed by atoms with Gasteiger partial charge in [0.25, 0.3) is 0 Å². The van der Waals surface area contributed by atoms with E-state index in [0.717, 1.165) is 148 Å². The highest BCUT2D eigenvalue weighted by Gasteiger charge is 2.19. The third kappa shape index (κ3) is 62.4. The Morgan fingerprint density at radius 1 is 0.269 bits per heavy atom. The fraction of sp³-hybridized carbons (Fsp3) is 0.653. The number of allylic oxidation sites excluding steroid dienone is 22. The number of hydrogen-bond donors (Lipinski definition) is 0. The molecule has 0 radical (unpaired) electrons. The molecular weight excluding hydrogens is 961 g/mol. The molecule has 0 spiro atoms. The second-order valence-electron chi connectivity index (χ2n) is 20.9. The summed E-state index contributed by atoms with van der Waals surface area (Å²) in [5, 5.41) is 0. The number of rotatable bonds is 57. The summed E-state index contributed by atoms with van der Waals surface area (Å²) in [4.78, 5) is 38.2. The van der Waals surface area contributed by atoms with Crippen molar-refractivity contribution in [1.82, 2.24) is 0 Å². The van der Waals surface area contributed by atoms with Crippen LogP contribution < -0.4 is 0 Å². The molecule has 0 N–H and O–H groups in total. The lowest BCUT2D eigenvalue weighted by molar-refractivity contribution is -0.167. The van der Waals surface area contributed by atoms with Gasteiger partial charge in [-0.25, -0.2) is 0 Å². The van der Waals surface area contributed by atoms with Crippen LogP contribution in [0.25, 0.3) is 0 Å². The van der Waals surface area contributed by atoms with Crippen LogP contribution in [-0.4, -0.2) is 37.2 Å².